The molecule has 4 nitrogen and oxygen atoms in total. The molecule has 2 aromatic carbocycles. The molecule has 1 atom stereocenters. The number of hydrogen-bond donors (Lipinski definition) is 2. The fourth-order valence-corrected chi connectivity index (χ4v) is 3.49. The van der Waals surface area contributed by atoms with E-state index in [1.165, 1.54) is 5.56 Å². The van der Waals surface area contributed by atoms with Crippen LogP contribution in [0.4, 0.5) is 4.79 Å². The number of aryl methyl sites for hydroxylation is 1. The molecule has 0 radical (unpaired) electrons. The monoisotopic (exact) mass is 325 g/mol. The molecule has 0 spiro atoms. The number of benzene rings is 2. The third-order valence-electron chi connectivity index (χ3n) is 4.97. The Bertz CT molecular complexity index is 750. The van der Waals surface area contributed by atoms with E-state index in [1.54, 1.807) is 7.11 Å². The summed E-state index contributed by atoms with van der Waals surface area (Å²) in [6.07, 6.45) is 0.946. The molecule has 0 heterocycles. The molecule has 3 rings (SSSR count). The van der Waals surface area contributed by atoms with Gasteiger partial charge in [0.1, 0.15) is 5.75 Å². The summed E-state index contributed by atoms with van der Waals surface area (Å²) in [7, 11) is 1.66. The van der Waals surface area contributed by atoms with E-state index in [1.807, 2.05) is 24.3 Å². The Kier molecular flexibility index (Phi) is 4.22. The Morgan fingerprint density at radius 3 is 2.46 bits per heavy atom. The zero-order valence-corrected chi connectivity index (χ0v) is 14.3. The summed E-state index contributed by atoms with van der Waals surface area (Å²) in [5.41, 5.74) is 4.50. The zero-order chi connectivity index (χ0) is 17.3. The molecule has 2 aromatic rings. The van der Waals surface area contributed by atoms with Crippen LogP contribution in [0.3, 0.4) is 0 Å². The minimum atomic E-state index is -0.972. The van der Waals surface area contributed by atoms with Crippen LogP contribution in [-0.2, 0) is 6.42 Å². The maximum atomic E-state index is 11.2. The summed E-state index contributed by atoms with van der Waals surface area (Å²) in [6, 6.07) is 14.1. The molecular formula is C20H23NO3. The molecule has 1 amide bonds. The summed E-state index contributed by atoms with van der Waals surface area (Å²) in [4.78, 5) is 11.2. The van der Waals surface area contributed by atoms with Crippen LogP contribution in [0.1, 0.15) is 37.4 Å². The van der Waals surface area contributed by atoms with Gasteiger partial charge in [-0.15, -0.1) is 0 Å². The highest BCUT2D eigenvalue weighted by Gasteiger charge is 2.36. The van der Waals surface area contributed by atoms with Crippen LogP contribution in [0.15, 0.2) is 42.5 Å². The molecule has 1 aliphatic rings. The van der Waals surface area contributed by atoms with Gasteiger partial charge in [0.15, 0.2) is 0 Å². The van der Waals surface area contributed by atoms with Gasteiger partial charge in [-0.25, -0.2) is 4.79 Å². The number of nitrogens with one attached hydrogen (secondary N) is 1. The van der Waals surface area contributed by atoms with Gasteiger partial charge in [0, 0.05) is 0 Å². The lowest BCUT2D eigenvalue weighted by atomic mass is 9.70. The van der Waals surface area contributed by atoms with Gasteiger partial charge in [0.25, 0.3) is 0 Å². The maximum Gasteiger partial charge on any atom is 0.405 e. The van der Waals surface area contributed by atoms with E-state index in [2.05, 4.69) is 37.4 Å². The Morgan fingerprint density at radius 1 is 1.17 bits per heavy atom. The van der Waals surface area contributed by atoms with Gasteiger partial charge in [-0.3, -0.25) is 0 Å². The molecular weight excluding hydrogens is 302 g/mol. The lowest BCUT2D eigenvalue weighted by Crippen LogP contribution is -2.40. The molecule has 0 aromatic heterocycles. The smallest absolute Gasteiger partial charge is 0.405 e. The van der Waals surface area contributed by atoms with Crippen LogP contribution in [0, 0.1) is 5.41 Å². The normalized spacial score (nSPS) is 18.5. The Balaban J connectivity index is 1.97. The summed E-state index contributed by atoms with van der Waals surface area (Å²) in [5, 5.41) is 11.9. The average molecular weight is 325 g/mol. The first-order valence-electron chi connectivity index (χ1n) is 8.17. The zero-order valence-electron chi connectivity index (χ0n) is 14.3. The van der Waals surface area contributed by atoms with Gasteiger partial charge in [-0.1, -0.05) is 44.2 Å². The Hall–Kier alpha value is -2.49. The third-order valence-corrected chi connectivity index (χ3v) is 4.97. The van der Waals surface area contributed by atoms with Crippen LogP contribution in [0.5, 0.6) is 5.75 Å². The fraction of sp³-hybridized carbons (Fsp3) is 0.350. The molecule has 0 saturated carbocycles. The van der Waals surface area contributed by atoms with Crippen molar-refractivity contribution in [3.05, 3.63) is 53.6 Å². The minimum Gasteiger partial charge on any atom is -0.497 e. The highest BCUT2D eigenvalue weighted by atomic mass is 16.5. The van der Waals surface area contributed by atoms with Gasteiger partial charge in [-0.2, -0.15) is 0 Å². The Morgan fingerprint density at radius 2 is 1.83 bits per heavy atom. The molecule has 4 heteroatoms. The number of ether oxygens (including phenoxy) is 1. The Labute approximate surface area is 142 Å². The number of methoxy groups -OCH3 is 1. The van der Waals surface area contributed by atoms with Crippen molar-refractivity contribution in [3.8, 4) is 16.9 Å². The lowest BCUT2D eigenvalue weighted by molar-refractivity contribution is 0.161. The number of fused-ring (bicyclic) bond motifs is 1. The number of hydrogen-bond acceptors (Lipinski definition) is 2. The van der Waals surface area contributed by atoms with Crippen molar-refractivity contribution in [2.24, 2.45) is 5.41 Å². The molecule has 2 N–H and O–H groups in total. The molecule has 0 saturated heterocycles. The number of rotatable bonds is 3. The molecule has 126 valence electrons. The van der Waals surface area contributed by atoms with Crippen molar-refractivity contribution in [3.63, 3.8) is 0 Å². The summed E-state index contributed by atoms with van der Waals surface area (Å²) in [5.74, 6) is 0.837. The van der Waals surface area contributed by atoms with Crippen LogP contribution in [0.25, 0.3) is 11.1 Å². The minimum absolute atomic E-state index is 0.0903. The standard InChI is InChI=1S/C20H23NO3/c1-20(2)11-10-15-12-14(13-4-7-16(24-3)8-5-13)6-9-17(15)18(20)21-19(22)23/h4-9,12,18,21H,10-11H2,1-3H3,(H,22,23)/t18-/m0/s1. The summed E-state index contributed by atoms with van der Waals surface area (Å²) < 4.78 is 5.21. The van der Waals surface area contributed by atoms with E-state index in [-0.39, 0.29) is 11.5 Å². The van der Waals surface area contributed by atoms with Crippen molar-refractivity contribution < 1.29 is 14.6 Å². The second-order valence-electron chi connectivity index (χ2n) is 7.01. The van der Waals surface area contributed by atoms with Crippen molar-refractivity contribution >= 4 is 6.09 Å². The van der Waals surface area contributed by atoms with E-state index in [9.17, 15) is 9.90 Å². The van der Waals surface area contributed by atoms with Crippen molar-refractivity contribution in [2.45, 2.75) is 32.7 Å². The number of amides is 1. The first kappa shape index (κ1) is 16.4. The fourth-order valence-electron chi connectivity index (χ4n) is 3.49. The SMILES string of the molecule is COc1ccc(-c2ccc3c(c2)CCC(C)(C)[C@H]3NC(=O)O)cc1. The van der Waals surface area contributed by atoms with E-state index in [0.717, 1.165) is 35.3 Å². The van der Waals surface area contributed by atoms with Crippen LogP contribution >= 0.6 is 0 Å². The van der Waals surface area contributed by atoms with E-state index >= 15 is 0 Å². The van der Waals surface area contributed by atoms with Gasteiger partial charge in [0.05, 0.1) is 13.2 Å². The largest absolute Gasteiger partial charge is 0.497 e. The first-order chi connectivity index (χ1) is 11.4. The molecule has 0 aliphatic heterocycles. The van der Waals surface area contributed by atoms with E-state index in [0.29, 0.717) is 0 Å². The third kappa shape index (κ3) is 3.09. The van der Waals surface area contributed by atoms with Gasteiger partial charge >= 0.3 is 6.09 Å². The van der Waals surface area contributed by atoms with Crippen LogP contribution in [-0.4, -0.2) is 18.3 Å². The van der Waals surface area contributed by atoms with Gasteiger partial charge in [0.2, 0.25) is 0 Å². The number of carboxylic acid groups (broad SMARTS) is 1. The predicted octanol–water partition coefficient (Wildman–Crippen LogP) is 4.64. The van der Waals surface area contributed by atoms with Crippen LogP contribution < -0.4 is 10.1 Å². The maximum absolute atomic E-state index is 11.2. The second-order valence-corrected chi connectivity index (χ2v) is 7.01. The molecule has 0 fully saturated rings. The topological polar surface area (TPSA) is 58.6 Å². The highest BCUT2D eigenvalue weighted by molar-refractivity contribution is 5.68. The summed E-state index contributed by atoms with van der Waals surface area (Å²) >= 11 is 0. The lowest BCUT2D eigenvalue weighted by Gasteiger charge is -2.40. The van der Waals surface area contributed by atoms with Crippen molar-refractivity contribution in [1.82, 2.24) is 5.32 Å². The first-order valence-corrected chi connectivity index (χ1v) is 8.17. The second kappa shape index (κ2) is 6.19. The van der Waals surface area contributed by atoms with Gasteiger partial charge in [-0.05, 0) is 52.6 Å². The molecule has 24 heavy (non-hydrogen) atoms. The quantitative estimate of drug-likeness (QED) is 0.864. The number of carbonyl (C=O) groups is 1. The average Bonchev–Trinajstić information content (AvgIpc) is 2.57. The highest BCUT2D eigenvalue weighted by Crippen LogP contribution is 2.44. The van der Waals surface area contributed by atoms with Crippen molar-refractivity contribution in [1.29, 1.82) is 0 Å². The van der Waals surface area contributed by atoms with E-state index in [4.69, 9.17) is 4.74 Å². The molecule has 0 bridgehead atoms. The molecule has 1 aliphatic carbocycles. The van der Waals surface area contributed by atoms with Gasteiger partial charge < -0.3 is 15.2 Å². The van der Waals surface area contributed by atoms with E-state index < -0.39 is 6.09 Å². The van der Waals surface area contributed by atoms with Crippen LogP contribution in [0.2, 0.25) is 0 Å². The molecule has 0 unspecified atom stereocenters. The predicted molar refractivity (Wildman–Crippen MR) is 94.4 cm³/mol. The van der Waals surface area contributed by atoms with Crippen molar-refractivity contribution in [2.75, 3.05) is 7.11 Å². The summed E-state index contributed by atoms with van der Waals surface area (Å²) in [6.45, 7) is 4.24.